The number of hydrogen-bond acceptors (Lipinski definition) is 3. The largest absolute Gasteiger partial charge is 0.433 e. The zero-order valence-electron chi connectivity index (χ0n) is 15.5. The van der Waals surface area contributed by atoms with Crippen LogP contribution in [0.15, 0.2) is 16.3 Å². The van der Waals surface area contributed by atoms with Crippen molar-refractivity contribution >= 4 is 6.08 Å². The van der Waals surface area contributed by atoms with Gasteiger partial charge in [-0.3, -0.25) is 14.6 Å². The Kier molecular flexibility index (Phi) is 4.88. The van der Waals surface area contributed by atoms with Gasteiger partial charge in [-0.05, 0) is 40.7 Å². The third kappa shape index (κ3) is 3.11. The van der Waals surface area contributed by atoms with Gasteiger partial charge in [0.05, 0.1) is 17.1 Å². The highest BCUT2D eigenvalue weighted by atomic mass is 19.4. The summed E-state index contributed by atoms with van der Waals surface area (Å²) in [6.07, 6.45) is -3.48. The molecule has 0 radical (unpaired) electrons. The Hall–Kier alpha value is -2.08. The number of H-pyrrole nitrogens is 1. The van der Waals surface area contributed by atoms with Crippen molar-refractivity contribution in [1.29, 1.82) is 0 Å². The van der Waals surface area contributed by atoms with E-state index in [1.165, 1.54) is 7.05 Å². The molecule has 0 aliphatic carbocycles. The maximum Gasteiger partial charge on any atom is 0.433 e. The average Bonchev–Trinajstić information content (AvgIpc) is 2.89. The second kappa shape index (κ2) is 6.33. The van der Waals surface area contributed by atoms with E-state index in [9.17, 15) is 18.0 Å². The Morgan fingerprint density at radius 3 is 2.36 bits per heavy atom. The molecule has 1 aromatic heterocycles. The molecular formula is C17H25F3N4O. The first kappa shape index (κ1) is 19.2. The Labute approximate surface area is 145 Å². The Balaban J connectivity index is 2.65. The van der Waals surface area contributed by atoms with E-state index in [0.29, 0.717) is 18.9 Å². The van der Waals surface area contributed by atoms with Crippen LogP contribution in [0.2, 0.25) is 0 Å². The predicted octanol–water partition coefficient (Wildman–Crippen LogP) is 3.01. The molecule has 1 aromatic rings. The first-order chi connectivity index (χ1) is 11.5. The second-order valence-corrected chi connectivity index (χ2v) is 6.73. The quantitative estimate of drug-likeness (QED) is 0.845. The van der Waals surface area contributed by atoms with Crippen molar-refractivity contribution in [1.82, 2.24) is 19.6 Å². The standard InChI is InChI=1S/C17H25F3N4O/c1-7-23-11(3)16(4,5)24(8-2)13(23)10-9-12-14(17(18,19)20)21-22(6)15(12)25/h9,11,21H,7-8H2,1-6H3. The lowest BCUT2D eigenvalue weighted by molar-refractivity contribution is -0.141. The first-order valence-corrected chi connectivity index (χ1v) is 8.33. The smallest absolute Gasteiger partial charge is 0.347 e. The lowest BCUT2D eigenvalue weighted by Gasteiger charge is -2.33. The van der Waals surface area contributed by atoms with Crippen molar-refractivity contribution in [2.45, 2.75) is 52.4 Å². The number of alkyl halides is 3. The van der Waals surface area contributed by atoms with Crippen LogP contribution in [0.1, 0.15) is 45.9 Å². The second-order valence-electron chi connectivity index (χ2n) is 6.73. The highest BCUT2D eigenvalue weighted by molar-refractivity contribution is 5.52. The van der Waals surface area contributed by atoms with Crippen LogP contribution >= 0.6 is 0 Å². The number of nitrogens with zero attached hydrogens (tertiary/aromatic N) is 3. The van der Waals surface area contributed by atoms with Gasteiger partial charge in [0, 0.05) is 20.1 Å². The molecule has 5 nitrogen and oxygen atoms in total. The Bertz CT molecular complexity index is 766. The van der Waals surface area contributed by atoms with Gasteiger partial charge in [-0.15, -0.1) is 0 Å². The molecule has 25 heavy (non-hydrogen) atoms. The third-order valence-electron chi connectivity index (χ3n) is 5.08. The van der Waals surface area contributed by atoms with Crippen molar-refractivity contribution in [3.8, 4) is 0 Å². The lowest BCUT2D eigenvalue weighted by Crippen LogP contribution is -2.44. The average molecular weight is 358 g/mol. The molecule has 2 heterocycles. The van der Waals surface area contributed by atoms with Crippen LogP contribution in [-0.2, 0) is 13.2 Å². The van der Waals surface area contributed by atoms with Gasteiger partial charge < -0.3 is 9.80 Å². The highest BCUT2D eigenvalue weighted by Gasteiger charge is 2.45. The molecule has 1 N–H and O–H groups in total. The molecule has 1 fully saturated rings. The van der Waals surface area contributed by atoms with Gasteiger partial charge in [0.1, 0.15) is 11.5 Å². The molecular weight excluding hydrogens is 333 g/mol. The minimum Gasteiger partial charge on any atom is -0.347 e. The van der Waals surface area contributed by atoms with Gasteiger partial charge in [0.2, 0.25) is 0 Å². The van der Waals surface area contributed by atoms with Crippen LogP contribution in [0.5, 0.6) is 0 Å². The summed E-state index contributed by atoms with van der Waals surface area (Å²) in [5.74, 6) is 0.707. The fraction of sp³-hybridized carbons (Fsp3) is 0.647. The molecule has 1 saturated heterocycles. The summed E-state index contributed by atoms with van der Waals surface area (Å²) in [4.78, 5) is 16.2. The summed E-state index contributed by atoms with van der Waals surface area (Å²) >= 11 is 0. The van der Waals surface area contributed by atoms with Gasteiger partial charge in [0.15, 0.2) is 0 Å². The molecule has 1 atom stereocenters. The zero-order chi connectivity index (χ0) is 19.2. The van der Waals surface area contributed by atoms with Crippen LogP contribution in [0.4, 0.5) is 13.2 Å². The fourth-order valence-corrected chi connectivity index (χ4v) is 3.41. The van der Waals surface area contributed by atoms with Gasteiger partial charge in [0.25, 0.3) is 5.56 Å². The van der Waals surface area contributed by atoms with Crippen LogP contribution < -0.4 is 5.56 Å². The Morgan fingerprint density at radius 1 is 1.28 bits per heavy atom. The molecule has 1 aliphatic heterocycles. The normalized spacial score (nSPS) is 20.2. The molecule has 2 rings (SSSR count). The van der Waals surface area contributed by atoms with Crippen LogP contribution in [0, 0.1) is 0 Å². The monoisotopic (exact) mass is 358 g/mol. The maximum atomic E-state index is 13.2. The summed E-state index contributed by atoms with van der Waals surface area (Å²) in [7, 11) is 1.26. The van der Waals surface area contributed by atoms with Gasteiger partial charge >= 0.3 is 6.18 Å². The van der Waals surface area contributed by atoms with Crippen molar-refractivity contribution in [3.63, 3.8) is 0 Å². The predicted molar refractivity (Wildman–Crippen MR) is 90.8 cm³/mol. The molecule has 0 aromatic carbocycles. The van der Waals surface area contributed by atoms with E-state index < -0.39 is 23.0 Å². The summed E-state index contributed by atoms with van der Waals surface area (Å²) in [6.45, 7) is 11.6. The van der Waals surface area contributed by atoms with Crippen molar-refractivity contribution in [2.24, 2.45) is 7.05 Å². The number of aromatic nitrogens is 2. The number of halogens is 3. The fourth-order valence-electron chi connectivity index (χ4n) is 3.41. The number of nitrogens with one attached hydrogen (secondary N) is 1. The molecule has 0 saturated carbocycles. The molecule has 0 spiro atoms. The van der Waals surface area contributed by atoms with Gasteiger partial charge in [-0.2, -0.15) is 13.2 Å². The maximum absolute atomic E-state index is 13.2. The summed E-state index contributed by atoms with van der Waals surface area (Å²) in [5, 5.41) is 2.08. The van der Waals surface area contributed by atoms with E-state index in [0.717, 1.165) is 10.8 Å². The topological polar surface area (TPSA) is 44.3 Å². The van der Waals surface area contributed by atoms with E-state index in [-0.39, 0.29) is 11.6 Å². The summed E-state index contributed by atoms with van der Waals surface area (Å²) < 4.78 is 40.3. The molecule has 1 aliphatic rings. The van der Waals surface area contributed by atoms with Crippen molar-refractivity contribution in [2.75, 3.05) is 13.1 Å². The van der Waals surface area contributed by atoms with Crippen LogP contribution in [0.3, 0.4) is 0 Å². The number of aromatic amines is 1. The van der Waals surface area contributed by atoms with Crippen LogP contribution in [0.25, 0.3) is 6.08 Å². The van der Waals surface area contributed by atoms with E-state index in [4.69, 9.17) is 0 Å². The summed E-state index contributed by atoms with van der Waals surface area (Å²) in [6, 6.07) is 0.171. The lowest BCUT2D eigenvalue weighted by atomic mass is 9.96. The minimum absolute atomic E-state index is 0.171. The van der Waals surface area contributed by atoms with E-state index in [1.807, 2.05) is 13.8 Å². The van der Waals surface area contributed by atoms with Gasteiger partial charge in [-0.1, -0.05) is 5.73 Å². The van der Waals surface area contributed by atoms with Crippen molar-refractivity contribution in [3.05, 3.63) is 33.2 Å². The Morgan fingerprint density at radius 2 is 1.88 bits per heavy atom. The van der Waals surface area contributed by atoms with Gasteiger partial charge in [-0.25, -0.2) is 0 Å². The number of rotatable bonds is 3. The molecule has 0 amide bonds. The zero-order valence-corrected chi connectivity index (χ0v) is 15.5. The SMILES string of the molecule is CCN1C(=C=Cc2c(C(F)(F)F)[nH]n(C)c2=O)N(CC)C(C)(C)C1C. The molecule has 8 heteroatoms. The molecule has 1 unspecified atom stereocenters. The molecule has 0 bridgehead atoms. The summed E-state index contributed by atoms with van der Waals surface area (Å²) in [5.41, 5.74) is 0.579. The van der Waals surface area contributed by atoms with E-state index in [2.05, 4.69) is 41.4 Å². The minimum atomic E-state index is -4.63. The van der Waals surface area contributed by atoms with E-state index >= 15 is 0 Å². The number of aryl methyl sites for hydroxylation is 1. The first-order valence-electron chi connectivity index (χ1n) is 8.33. The van der Waals surface area contributed by atoms with E-state index in [1.54, 1.807) is 0 Å². The van der Waals surface area contributed by atoms with Crippen LogP contribution in [-0.4, -0.2) is 44.3 Å². The molecule has 140 valence electrons. The van der Waals surface area contributed by atoms with Crippen molar-refractivity contribution < 1.29 is 13.2 Å². The number of hydrogen-bond donors (Lipinski definition) is 1. The number of likely N-dealkylation sites (N-methyl/N-ethyl adjacent to an activating group) is 2. The third-order valence-corrected chi connectivity index (χ3v) is 5.08. The highest BCUT2D eigenvalue weighted by Crippen LogP contribution is 2.37.